The highest BCUT2D eigenvalue weighted by molar-refractivity contribution is 5.31. The predicted molar refractivity (Wildman–Crippen MR) is 58.1 cm³/mol. The maximum atomic E-state index is 12.5. The molecule has 1 aromatic rings. The molecule has 0 amide bonds. The minimum Gasteiger partial charge on any atom is -0.310 e. The lowest BCUT2D eigenvalue weighted by atomic mass is 9.99. The van der Waals surface area contributed by atoms with Crippen LogP contribution >= 0.6 is 0 Å². The van der Waals surface area contributed by atoms with Crippen LogP contribution in [0.2, 0.25) is 0 Å². The van der Waals surface area contributed by atoms with Gasteiger partial charge in [-0.1, -0.05) is 24.3 Å². The molecule has 0 bridgehead atoms. The highest BCUT2D eigenvalue weighted by atomic mass is 19.4. The van der Waals surface area contributed by atoms with Crippen LogP contribution in [0.15, 0.2) is 36.4 Å². The Kier molecular flexibility index (Phi) is 3.75. The maximum absolute atomic E-state index is 12.5. The molecule has 1 aromatic carbocycles. The zero-order valence-electron chi connectivity index (χ0n) is 9.23. The van der Waals surface area contributed by atoms with Crippen LogP contribution < -0.4 is 5.32 Å². The lowest BCUT2D eigenvalue weighted by Gasteiger charge is -2.18. The molecule has 0 spiro atoms. The van der Waals surface area contributed by atoms with E-state index >= 15 is 0 Å². The van der Waals surface area contributed by atoms with E-state index < -0.39 is 11.7 Å². The van der Waals surface area contributed by atoms with Crippen LogP contribution in [0.5, 0.6) is 0 Å². The van der Waals surface area contributed by atoms with E-state index in [9.17, 15) is 13.2 Å². The largest absolute Gasteiger partial charge is 0.416 e. The molecule has 4 heteroatoms. The van der Waals surface area contributed by atoms with Gasteiger partial charge >= 0.3 is 6.18 Å². The van der Waals surface area contributed by atoms with Crippen molar-refractivity contribution in [2.75, 3.05) is 7.05 Å². The highest BCUT2D eigenvalue weighted by Gasteiger charge is 2.30. The molecule has 0 fully saturated rings. The summed E-state index contributed by atoms with van der Waals surface area (Å²) in [6.45, 7) is 5.53. The van der Waals surface area contributed by atoms with Crippen molar-refractivity contribution in [2.24, 2.45) is 0 Å². The quantitative estimate of drug-likeness (QED) is 0.782. The molecule has 16 heavy (non-hydrogen) atoms. The monoisotopic (exact) mass is 229 g/mol. The normalized spacial score (nSPS) is 13.6. The van der Waals surface area contributed by atoms with Crippen molar-refractivity contribution in [3.8, 4) is 0 Å². The summed E-state index contributed by atoms with van der Waals surface area (Å²) in [5.41, 5.74) is 0.721. The first kappa shape index (κ1) is 12.8. The minimum atomic E-state index is -4.30. The van der Waals surface area contributed by atoms with Crippen LogP contribution in [-0.4, -0.2) is 7.05 Å². The molecule has 0 aliphatic carbocycles. The number of benzene rings is 1. The van der Waals surface area contributed by atoms with Gasteiger partial charge in [-0.25, -0.2) is 0 Å². The smallest absolute Gasteiger partial charge is 0.310 e. The second-order valence-electron chi connectivity index (χ2n) is 3.69. The van der Waals surface area contributed by atoms with Gasteiger partial charge in [0, 0.05) is 0 Å². The fourth-order valence-electron chi connectivity index (χ4n) is 1.59. The molecule has 0 saturated carbocycles. The van der Waals surface area contributed by atoms with E-state index in [1.165, 1.54) is 6.07 Å². The molecule has 1 atom stereocenters. The van der Waals surface area contributed by atoms with Gasteiger partial charge in [-0.15, -0.1) is 0 Å². The molecule has 0 saturated heterocycles. The van der Waals surface area contributed by atoms with Gasteiger partial charge < -0.3 is 5.32 Å². The molecule has 1 nitrogen and oxygen atoms in total. The minimum absolute atomic E-state index is 0.248. The van der Waals surface area contributed by atoms with Gasteiger partial charge in [-0.2, -0.15) is 13.2 Å². The second kappa shape index (κ2) is 4.70. The molecule has 1 N–H and O–H groups in total. The molecule has 1 unspecified atom stereocenters. The fraction of sp³-hybridized carbons (Fsp3) is 0.333. The van der Waals surface area contributed by atoms with Crippen molar-refractivity contribution in [1.82, 2.24) is 5.32 Å². The predicted octanol–water partition coefficient (Wildman–Crippen LogP) is 3.54. The Labute approximate surface area is 93.0 Å². The third-order valence-electron chi connectivity index (χ3n) is 2.33. The highest BCUT2D eigenvalue weighted by Crippen LogP contribution is 2.31. The number of hydrogen-bond acceptors (Lipinski definition) is 1. The van der Waals surface area contributed by atoms with E-state index in [2.05, 4.69) is 11.9 Å². The summed E-state index contributed by atoms with van der Waals surface area (Å²) >= 11 is 0. The molecule has 0 aliphatic heterocycles. The van der Waals surface area contributed by atoms with Crippen molar-refractivity contribution in [3.63, 3.8) is 0 Å². The van der Waals surface area contributed by atoms with E-state index in [-0.39, 0.29) is 6.04 Å². The van der Waals surface area contributed by atoms with Gasteiger partial charge in [-0.3, -0.25) is 0 Å². The van der Waals surface area contributed by atoms with Crippen LogP contribution in [0, 0.1) is 0 Å². The van der Waals surface area contributed by atoms with Gasteiger partial charge in [-0.05, 0) is 31.7 Å². The Morgan fingerprint density at radius 1 is 1.38 bits per heavy atom. The molecule has 1 rings (SSSR count). The first-order valence-corrected chi connectivity index (χ1v) is 4.86. The Morgan fingerprint density at radius 3 is 2.44 bits per heavy atom. The summed E-state index contributed by atoms with van der Waals surface area (Å²) in [6.07, 6.45) is -4.30. The van der Waals surface area contributed by atoms with Crippen LogP contribution in [0.3, 0.4) is 0 Å². The average Bonchev–Trinajstić information content (AvgIpc) is 2.17. The van der Waals surface area contributed by atoms with Crippen molar-refractivity contribution in [1.29, 1.82) is 0 Å². The van der Waals surface area contributed by atoms with Crippen LogP contribution in [0.4, 0.5) is 13.2 Å². The van der Waals surface area contributed by atoms with Gasteiger partial charge in [0.15, 0.2) is 0 Å². The summed E-state index contributed by atoms with van der Waals surface area (Å²) in [7, 11) is 1.69. The SMILES string of the molecule is C=C(C)C(NC)c1cccc(C(F)(F)F)c1. The van der Waals surface area contributed by atoms with Crippen molar-refractivity contribution >= 4 is 0 Å². The van der Waals surface area contributed by atoms with E-state index in [1.54, 1.807) is 20.0 Å². The zero-order valence-corrected chi connectivity index (χ0v) is 9.23. The topological polar surface area (TPSA) is 12.0 Å². The first-order valence-electron chi connectivity index (χ1n) is 4.86. The standard InChI is InChI=1S/C12H14F3N/c1-8(2)11(16-3)9-5-4-6-10(7-9)12(13,14)15/h4-7,11,16H,1H2,2-3H3. The zero-order chi connectivity index (χ0) is 12.3. The summed E-state index contributed by atoms with van der Waals surface area (Å²) in [4.78, 5) is 0. The Bertz CT molecular complexity index is 382. The third kappa shape index (κ3) is 2.85. The van der Waals surface area contributed by atoms with Crippen molar-refractivity contribution in [2.45, 2.75) is 19.1 Å². The number of halogens is 3. The van der Waals surface area contributed by atoms with E-state index in [0.717, 1.165) is 17.7 Å². The number of nitrogens with one attached hydrogen (secondary N) is 1. The van der Waals surface area contributed by atoms with Crippen molar-refractivity contribution in [3.05, 3.63) is 47.5 Å². The van der Waals surface area contributed by atoms with Gasteiger partial charge in [0.05, 0.1) is 11.6 Å². The number of hydrogen-bond donors (Lipinski definition) is 1. The summed E-state index contributed by atoms with van der Waals surface area (Å²) < 4.78 is 37.5. The first-order chi connectivity index (χ1) is 7.36. The van der Waals surface area contributed by atoms with Crippen LogP contribution in [0.1, 0.15) is 24.1 Å². The lowest BCUT2D eigenvalue weighted by Crippen LogP contribution is -2.18. The maximum Gasteiger partial charge on any atom is 0.416 e. The van der Waals surface area contributed by atoms with E-state index in [4.69, 9.17) is 0 Å². The number of alkyl halides is 3. The van der Waals surface area contributed by atoms with Crippen LogP contribution in [-0.2, 0) is 6.18 Å². The molecule has 0 aromatic heterocycles. The summed E-state index contributed by atoms with van der Waals surface area (Å²) in [5.74, 6) is 0. The van der Waals surface area contributed by atoms with Gasteiger partial charge in [0.1, 0.15) is 0 Å². The van der Waals surface area contributed by atoms with Crippen molar-refractivity contribution < 1.29 is 13.2 Å². The van der Waals surface area contributed by atoms with Crippen LogP contribution in [0.25, 0.3) is 0 Å². The Balaban J connectivity index is 3.11. The van der Waals surface area contributed by atoms with E-state index in [0.29, 0.717) is 5.56 Å². The Hall–Kier alpha value is -1.29. The average molecular weight is 229 g/mol. The molecule has 0 aliphatic rings. The molecule has 0 radical (unpaired) electrons. The molecular weight excluding hydrogens is 215 g/mol. The molecular formula is C12H14F3N. The number of likely N-dealkylation sites (N-methyl/N-ethyl adjacent to an activating group) is 1. The summed E-state index contributed by atoms with van der Waals surface area (Å²) in [6, 6.07) is 5.03. The van der Waals surface area contributed by atoms with Gasteiger partial charge in [0.25, 0.3) is 0 Å². The molecule has 88 valence electrons. The third-order valence-corrected chi connectivity index (χ3v) is 2.33. The number of rotatable bonds is 3. The summed E-state index contributed by atoms with van der Waals surface area (Å²) in [5, 5.41) is 2.93. The van der Waals surface area contributed by atoms with E-state index in [1.807, 2.05) is 0 Å². The Morgan fingerprint density at radius 2 is 2.00 bits per heavy atom. The second-order valence-corrected chi connectivity index (χ2v) is 3.69. The lowest BCUT2D eigenvalue weighted by molar-refractivity contribution is -0.137. The van der Waals surface area contributed by atoms with Gasteiger partial charge in [0.2, 0.25) is 0 Å². The fourth-order valence-corrected chi connectivity index (χ4v) is 1.59. The molecule has 0 heterocycles.